The SMILES string of the molecule is CC(C)CC1(CNS(=O)(=O)CCNC2CC2)CCCC1. The molecule has 0 bridgehead atoms. The minimum Gasteiger partial charge on any atom is -0.313 e. The molecule has 0 atom stereocenters. The van der Waals surface area contributed by atoms with Gasteiger partial charge in [0.15, 0.2) is 0 Å². The summed E-state index contributed by atoms with van der Waals surface area (Å²) >= 11 is 0. The fourth-order valence-corrected chi connectivity index (χ4v) is 4.52. The van der Waals surface area contributed by atoms with E-state index in [1.54, 1.807) is 0 Å². The van der Waals surface area contributed by atoms with Crippen molar-refractivity contribution in [2.24, 2.45) is 11.3 Å². The van der Waals surface area contributed by atoms with E-state index < -0.39 is 10.0 Å². The van der Waals surface area contributed by atoms with Crippen LogP contribution in [0.15, 0.2) is 0 Å². The largest absolute Gasteiger partial charge is 0.313 e. The van der Waals surface area contributed by atoms with Crippen LogP contribution in [-0.4, -0.2) is 33.3 Å². The Kier molecular flexibility index (Phi) is 5.49. The zero-order valence-corrected chi connectivity index (χ0v) is 13.8. The summed E-state index contributed by atoms with van der Waals surface area (Å²) in [6.45, 7) is 5.68. The van der Waals surface area contributed by atoms with Crippen LogP contribution in [0.3, 0.4) is 0 Å². The maximum atomic E-state index is 12.1. The zero-order chi connectivity index (χ0) is 14.6. The molecule has 5 heteroatoms. The average molecular weight is 302 g/mol. The van der Waals surface area contributed by atoms with Crippen LogP contribution in [0.1, 0.15) is 58.8 Å². The van der Waals surface area contributed by atoms with Gasteiger partial charge in [0.25, 0.3) is 0 Å². The summed E-state index contributed by atoms with van der Waals surface area (Å²) in [5.74, 6) is 0.843. The molecule has 0 aliphatic heterocycles. The Hall–Kier alpha value is -0.130. The van der Waals surface area contributed by atoms with Crippen molar-refractivity contribution in [1.29, 1.82) is 0 Å². The van der Waals surface area contributed by atoms with Gasteiger partial charge in [0.05, 0.1) is 5.75 Å². The van der Waals surface area contributed by atoms with E-state index in [1.165, 1.54) is 38.5 Å². The van der Waals surface area contributed by atoms with Crippen molar-refractivity contribution in [3.05, 3.63) is 0 Å². The quantitative estimate of drug-likeness (QED) is 0.687. The Morgan fingerprint density at radius 3 is 2.40 bits per heavy atom. The van der Waals surface area contributed by atoms with Crippen LogP contribution >= 0.6 is 0 Å². The lowest BCUT2D eigenvalue weighted by molar-refractivity contribution is 0.236. The van der Waals surface area contributed by atoms with Crippen LogP contribution in [0.4, 0.5) is 0 Å². The van der Waals surface area contributed by atoms with Crippen molar-refractivity contribution in [2.45, 2.75) is 64.8 Å². The van der Waals surface area contributed by atoms with Gasteiger partial charge < -0.3 is 5.32 Å². The highest BCUT2D eigenvalue weighted by Gasteiger charge is 2.35. The Morgan fingerprint density at radius 2 is 1.85 bits per heavy atom. The molecule has 0 heterocycles. The van der Waals surface area contributed by atoms with Gasteiger partial charge in [-0.05, 0) is 43.4 Å². The Balaban J connectivity index is 1.77. The third kappa shape index (κ3) is 5.34. The molecule has 0 aromatic carbocycles. The fraction of sp³-hybridized carbons (Fsp3) is 1.00. The third-order valence-corrected chi connectivity index (χ3v) is 5.88. The molecule has 2 saturated carbocycles. The van der Waals surface area contributed by atoms with Gasteiger partial charge in [-0.25, -0.2) is 13.1 Å². The molecule has 0 radical (unpaired) electrons. The highest BCUT2D eigenvalue weighted by atomic mass is 32.2. The van der Waals surface area contributed by atoms with E-state index in [4.69, 9.17) is 0 Å². The third-order valence-electron chi connectivity index (χ3n) is 4.55. The predicted molar refractivity (Wildman–Crippen MR) is 83.2 cm³/mol. The van der Waals surface area contributed by atoms with Gasteiger partial charge in [0.1, 0.15) is 0 Å². The summed E-state index contributed by atoms with van der Waals surface area (Å²) < 4.78 is 27.0. The molecular formula is C15H30N2O2S. The zero-order valence-electron chi connectivity index (χ0n) is 13.0. The maximum absolute atomic E-state index is 12.1. The molecule has 4 nitrogen and oxygen atoms in total. The second-order valence-corrected chi connectivity index (χ2v) is 9.10. The lowest BCUT2D eigenvalue weighted by Gasteiger charge is -2.31. The van der Waals surface area contributed by atoms with Crippen molar-refractivity contribution in [3.8, 4) is 0 Å². The minimum absolute atomic E-state index is 0.210. The summed E-state index contributed by atoms with van der Waals surface area (Å²) in [5.41, 5.74) is 0.213. The molecule has 0 unspecified atom stereocenters. The molecule has 2 aliphatic carbocycles. The van der Waals surface area contributed by atoms with Crippen molar-refractivity contribution in [2.75, 3.05) is 18.8 Å². The first-order valence-electron chi connectivity index (χ1n) is 8.12. The number of sulfonamides is 1. The molecule has 0 spiro atoms. The monoisotopic (exact) mass is 302 g/mol. The molecule has 2 fully saturated rings. The number of hydrogen-bond donors (Lipinski definition) is 2. The first kappa shape index (κ1) is 16.2. The highest BCUT2D eigenvalue weighted by Crippen LogP contribution is 2.42. The maximum Gasteiger partial charge on any atom is 0.212 e. The lowest BCUT2D eigenvalue weighted by Crippen LogP contribution is -2.39. The standard InChI is InChI=1S/C15H30N2O2S/c1-13(2)11-15(7-3-4-8-15)12-17-20(18,19)10-9-16-14-5-6-14/h13-14,16-17H,3-12H2,1-2H3. The minimum atomic E-state index is -3.12. The van der Waals surface area contributed by atoms with Gasteiger partial charge in [-0.1, -0.05) is 26.7 Å². The number of hydrogen-bond acceptors (Lipinski definition) is 3. The fourth-order valence-electron chi connectivity index (χ4n) is 3.46. The molecule has 2 N–H and O–H groups in total. The van der Waals surface area contributed by atoms with Crippen molar-refractivity contribution in [3.63, 3.8) is 0 Å². The molecule has 0 amide bonds. The first-order valence-corrected chi connectivity index (χ1v) is 9.77. The molecule has 2 aliphatic rings. The Bertz CT molecular complexity index is 396. The Morgan fingerprint density at radius 1 is 1.20 bits per heavy atom. The number of rotatable bonds is 9. The van der Waals surface area contributed by atoms with E-state index in [0.29, 0.717) is 25.0 Å². The Labute approximate surface area is 124 Å². The van der Waals surface area contributed by atoms with Gasteiger partial charge in [-0.15, -0.1) is 0 Å². The first-order chi connectivity index (χ1) is 9.41. The summed E-state index contributed by atoms with van der Waals surface area (Å²) in [5, 5.41) is 3.26. The van der Waals surface area contributed by atoms with Crippen LogP contribution in [-0.2, 0) is 10.0 Å². The summed E-state index contributed by atoms with van der Waals surface area (Å²) in [6, 6.07) is 0.576. The van der Waals surface area contributed by atoms with Crippen LogP contribution in [0.2, 0.25) is 0 Å². The van der Waals surface area contributed by atoms with Crippen LogP contribution < -0.4 is 10.0 Å². The molecular weight excluding hydrogens is 272 g/mol. The van der Waals surface area contributed by atoms with Crippen molar-refractivity contribution >= 4 is 10.0 Å². The van der Waals surface area contributed by atoms with E-state index in [1.807, 2.05) is 0 Å². The van der Waals surface area contributed by atoms with Gasteiger partial charge in [0.2, 0.25) is 10.0 Å². The molecule has 118 valence electrons. The second-order valence-electron chi connectivity index (χ2n) is 7.17. The molecule has 2 rings (SSSR count). The summed E-state index contributed by atoms with van der Waals surface area (Å²) in [4.78, 5) is 0. The molecule has 20 heavy (non-hydrogen) atoms. The van der Waals surface area contributed by atoms with Crippen molar-refractivity contribution < 1.29 is 8.42 Å². The van der Waals surface area contributed by atoms with E-state index in [2.05, 4.69) is 23.9 Å². The molecule has 0 aromatic rings. The summed E-state index contributed by atoms with van der Waals surface area (Å²) in [7, 11) is -3.12. The van der Waals surface area contributed by atoms with E-state index >= 15 is 0 Å². The van der Waals surface area contributed by atoms with Crippen LogP contribution in [0.5, 0.6) is 0 Å². The van der Waals surface area contributed by atoms with Crippen molar-refractivity contribution in [1.82, 2.24) is 10.0 Å². The number of nitrogens with one attached hydrogen (secondary N) is 2. The summed E-state index contributed by atoms with van der Waals surface area (Å²) in [6.07, 6.45) is 8.38. The predicted octanol–water partition coefficient (Wildman–Crippen LogP) is 2.26. The van der Waals surface area contributed by atoms with E-state index in [9.17, 15) is 8.42 Å². The van der Waals surface area contributed by atoms with Crippen LogP contribution in [0, 0.1) is 11.3 Å². The second kappa shape index (κ2) is 6.75. The molecule has 0 aromatic heterocycles. The molecule has 0 saturated heterocycles. The van der Waals surface area contributed by atoms with E-state index in [-0.39, 0.29) is 11.2 Å². The van der Waals surface area contributed by atoms with Gasteiger partial charge in [-0.3, -0.25) is 0 Å². The highest BCUT2D eigenvalue weighted by molar-refractivity contribution is 7.89. The van der Waals surface area contributed by atoms with Gasteiger partial charge in [-0.2, -0.15) is 0 Å². The smallest absolute Gasteiger partial charge is 0.212 e. The normalized spacial score (nSPS) is 22.6. The van der Waals surface area contributed by atoms with Gasteiger partial charge >= 0.3 is 0 Å². The van der Waals surface area contributed by atoms with Gasteiger partial charge in [0, 0.05) is 19.1 Å². The van der Waals surface area contributed by atoms with Crippen LogP contribution in [0.25, 0.3) is 0 Å². The topological polar surface area (TPSA) is 58.2 Å². The van der Waals surface area contributed by atoms with E-state index in [0.717, 1.165) is 6.42 Å². The average Bonchev–Trinajstić information content (AvgIpc) is 3.06. The lowest BCUT2D eigenvalue weighted by atomic mass is 9.79.